The van der Waals surface area contributed by atoms with Crippen molar-refractivity contribution in [3.8, 4) is 0 Å². The molecule has 0 aliphatic heterocycles. The zero-order chi connectivity index (χ0) is 27.1. The monoisotopic (exact) mass is 544 g/mol. The van der Waals surface area contributed by atoms with Gasteiger partial charge in [-0.1, -0.05) is 77.0 Å². The van der Waals surface area contributed by atoms with E-state index < -0.39 is 18.4 Å². The molecule has 8 heteroatoms. The van der Waals surface area contributed by atoms with Gasteiger partial charge in [0.15, 0.2) is 8.32 Å². The smallest absolute Gasteiger partial charge is 0.296 e. The summed E-state index contributed by atoms with van der Waals surface area (Å²) in [5.74, 6) is 0. The van der Waals surface area contributed by atoms with Crippen molar-refractivity contribution in [3.05, 3.63) is 29.8 Å². The highest BCUT2D eigenvalue weighted by Crippen LogP contribution is 2.36. The molecule has 210 valence electrons. The molecule has 0 heterocycles. The minimum absolute atomic E-state index is 0.223. The number of aryl methyl sites for hydroxylation is 1. The first kappa shape index (κ1) is 33.3. The second kappa shape index (κ2) is 16.9. The van der Waals surface area contributed by atoms with Crippen molar-refractivity contribution in [1.29, 1.82) is 0 Å². The third-order valence-electron chi connectivity index (χ3n) is 7.08. The lowest BCUT2D eigenvalue weighted by Crippen LogP contribution is -2.41. The van der Waals surface area contributed by atoms with Crippen molar-refractivity contribution < 1.29 is 26.5 Å². The molecule has 36 heavy (non-hydrogen) atoms. The van der Waals surface area contributed by atoms with Crippen molar-refractivity contribution in [1.82, 2.24) is 0 Å². The highest BCUT2D eigenvalue weighted by atomic mass is 32.2. The van der Waals surface area contributed by atoms with Crippen LogP contribution in [0.5, 0.6) is 0 Å². The van der Waals surface area contributed by atoms with Gasteiger partial charge in [0.2, 0.25) is 0 Å². The van der Waals surface area contributed by atoms with Crippen LogP contribution in [0.2, 0.25) is 18.1 Å². The third-order valence-corrected chi connectivity index (χ3v) is 12.9. The Bertz CT molecular complexity index is 802. The molecule has 0 N–H and O–H groups in total. The zero-order valence-electron chi connectivity index (χ0n) is 23.9. The van der Waals surface area contributed by atoms with Crippen LogP contribution >= 0.6 is 0 Å². The molecule has 6 nitrogen and oxygen atoms in total. The van der Waals surface area contributed by atoms with Gasteiger partial charge in [-0.15, -0.1) is 0 Å². The standard InChI is InChI=1S/C28H52O6SSi/c1-25-18-20-27(21-19-25)35(29,30)33-22-14-12-10-8-9-11-13-16-26(32-24-31-5)17-15-23-34-36(6,7)28(2,3)4/h18-21,26H,8-17,22-24H2,1-7H3/t26-/m1/s1. The van der Waals surface area contributed by atoms with E-state index >= 15 is 0 Å². The minimum Gasteiger partial charge on any atom is -0.417 e. The van der Waals surface area contributed by atoms with Crippen LogP contribution < -0.4 is 0 Å². The maximum atomic E-state index is 12.2. The van der Waals surface area contributed by atoms with Crippen molar-refractivity contribution in [2.45, 2.75) is 121 Å². The first-order valence-electron chi connectivity index (χ1n) is 13.6. The van der Waals surface area contributed by atoms with E-state index in [0.29, 0.717) is 6.79 Å². The Kier molecular flexibility index (Phi) is 15.7. The Labute approximate surface area is 222 Å². The zero-order valence-corrected chi connectivity index (χ0v) is 25.8. The summed E-state index contributed by atoms with van der Waals surface area (Å²) in [4.78, 5) is 0.226. The summed E-state index contributed by atoms with van der Waals surface area (Å²) in [5, 5.41) is 0.241. The molecular formula is C28H52O6SSi. The second-order valence-corrected chi connectivity index (χ2v) is 17.7. The average Bonchev–Trinajstić information content (AvgIpc) is 2.80. The first-order chi connectivity index (χ1) is 16.9. The van der Waals surface area contributed by atoms with E-state index in [0.717, 1.165) is 63.5 Å². The first-order valence-corrected chi connectivity index (χ1v) is 17.9. The van der Waals surface area contributed by atoms with Crippen LogP contribution in [0.25, 0.3) is 0 Å². The molecule has 1 aromatic carbocycles. The van der Waals surface area contributed by atoms with Gasteiger partial charge in [0.25, 0.3) is 10.1 Å². The molecule has 0 radical (unpaired) electrons. The van der Waals surface area contributed by atoms with Crippen LogP contribution in [-0.4, -0.2) is 50.0 Å². The molecule has 1 rings (SSSR count). The van der Waals surface area contributed by atoms with Crippen LogP contribution in [0.4, 0.5) is 0 Å². The van der Waals surface area contributed by atoms with E-state index in [-0.39, 0.29) is 22.6 Å². The molecule has 1 aromatic rings. The van der Waals surface area contributed by atoms with Gasteiger partial charge in [-0.3, -0.25) is 4.18 Å². The number of unbranched alkanes of at least 4 members (excludes halogenated alkanes) is 6. The predicted octanol–water partition coefficient (Wildman–Crippen LogP) is 7.61. The summed E-state index contributed by atoms with van der Waals surface area (Å²) in [7, 11) is -3.66. The lowest BCUT2D eigenvalue weighted by molar-refractivity contribution is -0.0782. The Morgan fingerprint density at radius 3 is 1.97 bits per heavy atom. The molecule has 0 bridgehead atoms. The van der Waals surface area contributed by atoms with Gasteiger partial charge in [-0.05, 0) is 62.9 Å². The van der Waals surface area contributed by atoms with Crippen LogP contribution in [0.15, 0.2) is 29.2 Å². The molecular weight excluding hydrogens is 492 g/mol. The van der Waals surface area contributed by atoms with E-state index in [4.69, 9.17) is 18.1 Å². The normalized spacial score (nSPS) is 13.8. The van der Waals surface area contributed by atoms with Gasteiger partial charge in [-0.25, -0.2) is 0 Å². The van der Waals surface area contributed by atoms with Gasteiger partial charge in [0.05, 0.1) is 17.6 Å². The lowest BCUT2D eigenvalue weighted by Gasteiger charge is -2.36. The maximum Gasteiger partial charge on any atom is 0.296 e. The fourth-order valence-corrected chi connectivity index (χ4v) is 5.66. The van der Waals surface area contributed by atoms with Crippen molar-refractivity contribution in [3.63, 3.8) is 0 Å². The summed E-state index contributed by atoms with van der Waals surface area (Å²) < 4.78 is 46.9. The van der Waals surface area contributed by atoms with Crippen LogP contribution in [0.3, 0.4) is 0 Å². The van der Waals surface area contributed by atoms with Crippen LogP contribution in [-0.2, 0) is 28.2 Å². The van der Waals surface area contributed by atoms with Gasteiger partial charge in [0, 0.05) is 13.7 Å². The minimum atomic E-state index is -3.65. The second-order valence-electron chi connectivity index (χ2n) is 11.3. The van der Waals surface area contributed by atoms with E-state index in [2.05, 4.69) is 33.9 Å². The third kappa shape index (κ3) is 13.7. The predicted molar refractivity (Wildman–Crippen MR) is 150 cm³/mol. The van der Waals surface area contributed by atoms with E-state index in [1.54, 1.807) is 31.4 Å². The Morgan fingerprint density at radius 1 is 0.833 bits per heavy atom. The molecule has 0 saturated carbocycles. The number of methoxy groups -OCH3 is 1. The van der Waals surface area contributed by atoms with E-state index in [1.807, 2.05) is 6.92 Å². The maximum absolute atomic E-state index is 12.2. The summed E-state index contributed by atoms with van der Waals surface area (Å²) in [6.45, 7) is 14.7. The topological polar surface area (TPSA) is 71.1 Å². The summed E-state index contributed by atoms with van der Waals surface area (Å²) in [5.41, 5.74) is 1.03. The quantitative estimate of drug-likeness (QED) is 0.0728. The summed E-state index contributed by atoms with van der Waals surface area (Å²) in [6, 6.07) is 6.76. The number of hydrogen-bond acceptors (Lipinski definition) is 6. The molecule has 0 amide bonds. The Balaban J connectivity index is 2.13. The Morgan fingerprint density at radius 2 is 1.39 bits per heavy atom. The number of rotatable bonds is 20. The number of hydrogen-bond donors (Lipinski definition) is 0. The summed E-state index contributed by atoms with van der Waals surface area (Å²) >= 11 is 0. The van der Waals surface area contributed by atoms with Gasteiger partial charge < -0.3 is 13.9 Å². The van der Waals surface area contributed by atoms with Gasteiger partial charge in [0.1, 0.15) is 6.79 Å². The van der Waals surface area contributed by atoms with Crippen LogP contribution in [0, 0.1) is 6.92 Å². The van der Waals surface area contributed by atoms with Crippen LogP contribution in [0.1, 0.15) is 90.5 Å². The molecule has 0 aliphatic carbocycles. The SMILES string of the molecule is COCO[C@H](CCCCCCCCCOS(=O)(=O)c1ccc(C)cc1)CCCO[Si](C)(C)C(C)(C)C. The van der Waals surface area contributed by atoms with E-state index in [9.17, 15) is 8.42 Å². The highest BCUT2D eigenvalue weighted by molar-refractivity contribution is 7.86. The highest BCUT2D eigenvalue weighted by Gasteiger charge is 2.36. The Hall–Kier alpha value is -0.773. The largest absolute Gasteiger partial charge is 0.417 e. The molecule has 0 saturated heterocycles. The van der Waals surface area contributed by atoms with Gasteiger partial charge in [-0.2, -0.15) is 8.42 Å². The van der Waals surface area contributed by atoms with Crippen molar-refractivity contribution >= 4 is 18.4 Å². The average molecular weight is 545 g/mol. The fraction of sp³-hybridized carbons (Fsp3) is 0.786. The van der Waals surface area contributed by atoms with E-state index in [1.165, 1.54) is 12.8 Å². The number of ether oxygens (including phenoxy) is 2. The van der Waals surface area contributed by atoms with Crippen molar-refractivity contribution in [2.24, 2.45) is 0 Å². The molecule has 0 aromatic heterocycles. The van der Waals surface area contributed by atoms with Crippen molar-refractivity contribution in [2.75, 3.05) is 27.1 Å². The lowest BCUT2D eigenvalue weighted by atomic mass is 10.0. The molecule has 0 spiro atoms. The molecule has 0 unspecified atom stereocenters. The fourth-order valence-electron chi connectivity index (χ4n) is 3.63. The van der Waals surface area contributed by atoms with Gasteiger partial charge >= 0.3 is 0 Å². The molecule has 0 fully saturated rings. The molecule has 1 atom stereocenters. The number of benzene rings is 1. The summed E-state index contributed by atoms with van der Waals surface area (Å²) in [6.07, 6.45) is 10.8. The molecule has 0 aliphatic rings.